The third-order valence-electron chi connectivity index (χ3n) is 7.08. The first-order valence-corrected chi connectivity index (χ1v) is 18.1. The maximum Gasteiger partial charge on any atom is 0.123 e. The molecule has 0 aliphatic heterocycles. The summed E-state index contributed by atoms with van der Waals surface area (Å²) in [6, 6.07) is 25.4. The van der Waals surface area contributed by atoms with E-state index in [4.69, 9.17) is 8.22 Å². The smallest absolute Gasteiger partial charge is 0.123 e. The number of hydrogen-bond donors (Lipinski definition) is 0. The van der Waals surface area contributed by atoms with E-state index in [1.54, 1.807) is 35.7 Å². The fourth-order valence-corrected chi connectivity index (χ4v) is 7.24. The molecule has 0 aliphatic carbocycles. The van der Waals surface area contributed by atoms with Gasteiger partial charge in [-0.05, 0) is 68.8 Å². The molecule has 2 nitrogen and oxygen atoms in total. The van der Waals surface area contributed by atoms with E-state index in [0.717, 1.165) is 36.6 Å². The molecule has 0 fully saturated rings. The minimum atomic E-state index is -2.22. The molecule has 0 amide bonds. The summed E-state index contributed by atoms with van der Waals surface area (Å²) in [5.74, 6) is -0.204. The first-order chi connectivity index (χ1) is 22.2. The molecule has 223 valence electrons. The number of nitrogens with zero attached hydrogens (tertiary/aromatic N) is 2. The van der Waals surface area contributed by atoms with Gasteiger partial charge in [0.15, 0.2) is 0 Å². The van der Waals surface area contributed by atoms with E-state index < -0.39 is 21.8 Å². The Bertz CT molecular complexity index is 2100. The summed E-state index contributed by atoms with van der Waals surface area (Å²) in [6.45, 7) is 8.42. The molecular weight excluding hydrogens is 744 g/mol. The molecule has 0 saturated heterocycles. The summed E-state index contributed by atoms with van der Waals surface area (Å²) < 4.78 is 61.4. The Hall–Kier alpha value is -3.02. The average Bonchev–Trinajstić information content (AvgIpc) is 3.37. The van der Waals surface area contributed by atoms with Crippen molar-refractivity contribution >= 4 is 44.8 Å². The minimum Gasteiger partial charge on any atom is -0.305 e. The van der Waals surface area contributed by atoms with E-state index in [1.807, 2.05) is 24.4 Å². The molecule has 0 N–H and O–H groups in total. The number of aryl methyl sites for hydroxylation is 2. The van der Waals surface area contributed by atoms with Crippen LogP contribution in [0.2, 0.25) is 19.6 Å². The maximum absolute atomic E-state index is 13.6. The van der Waals surface area contributed by atoms with Gasteiger partial charge in [-0.25, -0.2) is 4.39 Å². The number of hydrogen-bond acceptors (Lipinski definition) is 3. The topological polar surface area (TPSA) is 25.8 Å². The summed E-state index contributed by atoms with van der Waals surface area (Å²) in [6.07, 6.45) is 3.50. The fraction of sp³-hybridized carbons (Fsp3) is 0.243. The van der Waals surface area contributed by atoms with Crippen LogP contribution in [0, 0.1) is 31.7 Å². The zero-order valence-electron chi connectivity index (χ0n) is 31.0. The second-order valence-electron chi connectivity index (χ2n) is 12.4. The molecule has 1 radical (unpaired) electrons. The molecule has 0 unspecified atom stereocenters. The van der Waals surface area contributed by atoms with Crippen LogP contribution in [0.5, 0.6) is 0 Å². The molecule has 3 aromatic heterocycles. The van der Waals surface area contributed by atoms with E-state index in [2.05, 4.69) is 74.6 Å². The van der Waals surface area contributed by atoms with Gasteiger partial charge >= 0.3 is 0 Å². The molecule has 0 aliphatic rings. The van der Waals surface area contributed by atoms with Crippen molar-refractivity contribution in [3.63, 3.8) is 0 Å². The number of pyridine rings is 2. The van der Waals surface area contributed by atoms with Crippen LogP contribution in [0.1, 0.15) is 45.7 Å². The number of aromatic nitrogens is 2. The first-order valence-electron chi connectivity index (χ1n) is 16.8. The van der Waals surface area contributed by atoms with Crippen LogP contribution in [0.4, 0.5) is 4.39 Å². The van der Waals surface area contributed by atoms with Gasteiger partial charge in [0.05, 0.1) is 8.07 Å². The summed E-state index contributed by atoms with van der Waals surface area (Å²) in [4.78, 5) is 8.96. The molecule has 3 aromatic carbocycles. The Morgan fingerprint density at radius 1 is 0.884 bits per heavy atom. The molecule has 0 atom stereocenters. The van der Waals surface area contributed by atoms with Gasteiger partial charge in [0.25, 0.3) is 0 Å². The van der Waals surface area contributed by atoms with Crippen molar-refractivity contribution in [2.75, 3.05) is 0 Å². The number of fused-ring (bicyclic) bond motifs is 3. The third kappa shape index (κ3) is 7.38. The van der Waals surface area contributed by atoms with Crippen LogP contribution in [-0.4, -0.2) is 18.0 Å². The van der Waals surface area contributed by atoms with Crippen LogP contribution < -0.4 is 5.19 Å². The minimum absolute atomic E-state index is 0. The van der Waals surface area contributed by atoms with Gasteiger partial charge in [0.2, 0.25) is 0 Å². The molecule has 6 rings (SSSR count). The maximum atomic E-state index is 13.6. The zero-order valence-corrected chi connectivity index (χ0v) is 29.2. The molecule has 6 heteroatoms. The summed E-state index contributed by atoms with van der Waals surface area (Å²) >= 11 is 1.67. The van der Waals surface area contributed by atoms with E-state index in [0.29, 0.717) is 16.8 Å². The summed E-state index contributed by atoms with van der Waals surface area (Å²) in [5, 5.41) is 2.83. The Labute approximate surface area is 282 Å². The van der Waals surface area contributed by atoms with Crippen LogP contribution in [0.3, 0.4) is 0 Å². The number of halogens is 1. The quantitative estimate of drug-likeness (QED) is 0.132. The third-order valence-corrected chi connectivity index (χ3v) is 10.3. The normalized spacial score (nSPS) is 14.3. The second-order valence-corrected chi connectivity index (χ2v) is 18.5. The van der Waals surface area contributed by atoms with Gasteiger partial charge in [-0.15, -0.1) is 59.2 Å². The first kappa shape index (κ1) is 25.3. The van der Waals surface area contributed by atoms with Crippen molar-refractivity contribution in [3.05, 3.63) is 114 Å². The number of thiophene rings is 1. The fourth-order valence-electron chi connectivity index (χ4n) is 4.72. The van der Waals surface area contributed by atoms with Crippen LogP contribution in [-0.2, 0) is 25.5 Å². The molecule has 43 heavy (non-hydrogen) atoms. The number of benzene rings is 3. The Balaban J connectivity index is 0.000000216. The molecule has 0 bridgehead atoms. The van der Waals surface area contributed by atoms with Crippen LogP contribution in [0.15, 0.2) is 79.1 Å². The predicted octanol–water partition coefficient (Wildman–Crippen LogP) is 10.1. The zero-order chi connectivity index (χ0) is 35.2. The summed E-state index contributed by atoms with van der Waals surface area (Å²) in [5.41, 5.74) is 4.79. The van der Waals surface area contributed by atoms with Crippen molar-refractivity contribution in [1.82, 2.24) is 9.97 Å². The number of rotatable bonds is 3. The van der Waals surface area contributed by atoms with Crippen LogP contribution in [0.25, 0.3) is 42.7 Å². The van der Waals surface area contributed by atoms with Gasteiger partial charge in [0, 0.05) is 45.4 Å². The van der Waals surface area contributed by atoms with Gasteiger partial charge in [0.1, 0.15) is 5.82 Å². The van der Waals surface area contributed by atoms with Crippen molar-refractivity contribution in [3.8, 4) is 22.5 Å². The monoisotopic (exact) mass is 787 g/mol. The molecule has 3 heterocycles. The SMILES string of the molecule is CC(C)(C)c1ccnc(-c2[c-]ccc3c2sc2ccc(F)cc23)c1.[2H]C([2H])([2H])c1c[c-]c(-c2cc(C([2H])([2H])[2H])c([Si](C)(C)C)cn2)cc1.[Ir]. The van der Waals surface area contributed by atoms with Gasteiger partial charge in [-0.3, -0.25) is 0 Å². The van der Waals surface area contributed by atoms with E-state index >= 15 is 0 Å². The van der Waals surface area contributed by atoms with Crippen molar-refractivity contribution in [1.29, 1.82) is 0 Å². The average molecular weight is 787 g/mol. The standard InChI is InChI=1S/C21H17FNS.C16H20NSi.Ir/c1-21(2,3)13-9-10-23-18(11-13)16-6-4-5-15-17-12-14(22)7-8-19(17)24-20(15)16;1-12-6-8-14(9-7-12)15-10-13(2)16(11-17-15)18(3,4)5;/h4-5,7-12H,1-3H3;6-8,10-11H,1-5H3;/q2*-1;/i;1D3,2D3;. The molecule has 6 aromatic rings. The van der Waals surface area contributed by atoms with Crippen molar-refractivity contribution in [2.45, 2.75) is 59.5 Å². The van der Waals surface area contributed by atoms with Crippen molar-refractivity contribution < 1.29 is 32.7 Å². The van der Waals surface area contributed by atoms with Crippen molar-refractivity contribution in [2.24, 2.45) is 0 Å². The Morgan fingerprint density at radius 3 is 2.37 bits per heavy atom. The molecule has 0 spiro atoms. The van der Waals surface area contributed by atoms with Gasteiger partial charge in [-0.2, -0.15) is 11.3 Å². The van der Waals surface area contributed by atoms with Crippen LogP contribution >= 0.6 is 11.3 Å². The molecule has 0 saturated carbocycles. The predicted molar refractivity (Wildman–Crippen MR) is 181 cm³/mol. The van der Waals surface area contributed by atoms with E-state index in [1.165, 1.54) is 23.8 Å². The largest absolute Gasteiger partial charge is 0.305 e. The molecular formula is C37H37FIrN2SSi-2. The summed E-state index contributed by atoms with van der Waals surface area (Å²) in [7, 11) is -1.85. The van der Waals surface area contributed by atoms with E-state index in [-0.39, 0.29) is 36.9 Å². The van der Waals surface area contributed by atoms with E-state index in [9.17, 15) is 4.39 Å². The van der Waals surface area contributed by atoms with Gasteiger partial charge in [-0.1, -0.05) is 70.3 Å². The second kappa shape index (κ2) is 12.9. The Morgan fingerprint density at radius 2 is 1.70 bits per heavy atom. The van der Waals surface area contributed by atoms with Gasteiger partial charge < -0.3 is 9.97 Å². The Kier molecular flexibility index (Phi) is 7.60.